The van der Waals surface area contributed by atoms with Crippen molar-refractivity contribution < 1.29 is 24.0 Å². The van der Waals surface area contributed by atoms with Crippen LogP contribution in [0.25, 0.3) is 0 Å². The maximum absolute atomic E-state index is 12.9. The third kappa shape index (κ3) is 5.28. The molecule has 3 rings (SSSR count). The second-order valence-electron chi connectivity index (χ2n) is 7.75. The maximum Gasteiger partial charge on any atom is 0.288 e. The lowest BCUT2D eigenvalue weighted by Gasteiger charge is -2.25. The number of nitro benzene ring substituents is 1. The zero-order valence-electron chi connectivity index (χ0n) is 17.9. The van der Waals surface area contributed by atoms with E-state index >= 15 is 0 Å². The van der Waals surface area contributed by atoms with Gasteiger partial charge in [0.15, 0.2) is 11.5 Å². The Morgan fingerprint density at radius 2 is 1.72 bits per heavy atom. The summed E-state index contributed by atoms with van der Waals surface area (Å²) in [5, 5.41) is 16.6. The third-order valence-electron chi connectivity index (χ3n) is 5.07. The van der Waals surface area contributed by atoms with Crippen molar-refractivity contribution in [1.82, 2.24) is 10.6 Å². The highest BCUT2D eigenvalue weighted by Crippen LogP contribution is 2.32. The zero-order valence-corrected chi connectivity index (χ0v) is 18.6. The fourth-order valence-corrected chi connectivity index (χ4v) is 3.46. The quantitative estimate of drug-likeness (QED) is 0.479. The highest BCUT2D eigenvalue weighted by molar-refractivity contribution is 6.32. The average Bonchev–Trinajstić information content (AvgIpc) is 2.76. The van der Waals surface area contributed by atoms with Crippen LogP contribution >= 0.6 is 11.6 Å². The van der Waals surface area contributed by atoms with Crippen molar-refractivity contribution >= 4 is 29.1 Å². The van der Waals surface area contributed by atoms with Crippen molar-refractivity contribution in [3.8, 4) is 11.5 Å². The van der Waals surface area contributed by atoms with E-state index in [4.69, 9.17) is 21.1 Å². The molecule has 0 aliphatic carbocycles. The number of carbonyl (C=O) groups is 2. The molecule has 2 amide bonds. The lowest BCUT2D eigenvalue weighted by atomic mass is 10.0. The Balaban J connectivity index is 1.71. The molecule has 170 valence electrons. The highest BCUT2D eigenvalue weighted by atomic mass is 35.5. The SMILES string of the molecule is CC(NC(=O)[C@@H](NC(=O)c1ccc(Cl)c([N+](=O)[O-])c1)C(C)C)c1ccc2c(c1)OCCO2. The smallest absolute Gasteiger partial charge is 0.288 e. The Labute approximate surface area is 190 Å². The first kappa shape index (κ1) is 23.3. The van der Waals surface area contributed by atoms with E-state index in [1.807, 2.05) is 19.1 Å². The maximum atomic E-state index is 12.9. The van der Waals surface area contributed by atoms with Crippen LogP contribution in [0.2, 0.25) is 5.02 Å². The summed E-state index contributed by atoms with van der Waals surface area (Å²) in [6.45, 7) is 6.37. The van der Waals surface area contributed by atoms with E-state index in [2.05, 4.69) is 10.6 Å². The first-order valence-electron chi connectivity index (χ1n) is 10.1. The fraction of sp³-hybridized carbons (Fsp3) is 0.364. The number of ether oxygens (including phenoxy) is 2. The molecule has 0 bridgehead atoms. The Hall–Kier alpha value is -3.33. The van der Waals surface area contributed by atoms with E-state index in [1.54, 1.807) is 19.9 Å². The average molecular weight is 462 g/mol. The number of nitrogens with one attached hydrogen (secondary N) is 2. The summed E-state index contributed by atoms with van der Waals surface area (Å²) in [6, 6.07) is 7.99. The molecule has 2 atom stereocenters. The van der Waals surface area contributed by atoms with Crippen LogP contribution in [0, 0.1) is 16.0 Å². The summed E-state index contributed by atoms with van der Waals surface area (Å²) in [7, 11) is 0. The van der Waals surface area contributed by atoms with E-state index in [0.717, 1.165) is 11.6 Å². The van der Waals surface area contributed by atoms with Gasteiger partial charge < -0.3 is 20.1 Å². The van der Waals surface area contributed by atoms with Crippen molar-refractivity contribution in [2.75, 3.05) is 13.2 Å². The van der Waals surface area contributed by atoms with E-state index < -0.39 is 16.9 Å². The summed E-state index contributed by atoms with van der Waals surface area (Å²) >= 11 is 5.81. The van der Waals surface area contributed by atoms with Gasteiger partial charge in [0.25, 0.3) is 11.6 Å². The Morgan fingerprint density at radius 1 is 1.03 bits per heavy atom. The first-order valence-corrected chi connectivity index (χ1v) is 10.5. The van der Waals surface area contributed by atoms with Gasteiger partial charge in [0, 0.05) is 11.6 Å². The molecule has 0 spiro atoms. The van der Waals surface area contributed by atoms with Gasteiger partial charge in [-0.05, 0) is 42.7 Å². The predicted molar refractivity (Wildman–Crippen MR) is 118 cm³/mol. The number of nitro groups is 1. The summed E-state index contributed by atoms with van der Waals surface area (Å²) < 4.78 is 11.1. The second-order valence-corrected chi connectivity index (χ2v) is 8.16. The largest absolute Gasteiger partial charge is 0.486 e. The lowest BCUT2D eigenvalue weighted by Crippen LogP contribution is -2.50. The summed E-state index contributed by atoms with van der Waals surface area (Å²) in [5.41, 5.74) is 0.487. The molecule has 2 aromatic rings. The highest BCUT2D eigenvalue weighted by Gasteiger charge is 2.27. The van der Waals surface area contributed by atoms with Gasteiger partial charge in [0.1, 0.15) is 24.3 Å². The fourth-order valence-electron chi connectivity index (χ4n) is 3.27. The van der Waals surface area contributed by atoms with Crippen molar-refractivity contribution in [1.29, 1.82) is 0 Å². The van der Waals surface area contributed by atoms with Gasteiger partial charge >= 0.3 is 0 Å². The molecule has 1 aliphatic rings. The van der Waals surface area contributed by atoms with Gasteiger partial charge in [0.05, 0.1) is 11.0 Å². The van der Waals surface area contributed by atoms with Gasteiger partial charge in [0.2, 0.25) is 5.91 Å². The molecule has 32 heavy (non-hydrogen) atoms. The van der Waals surface area contributed by atoms with Crippen LogP contribution in [0.5, 0.6) is 11.5 Å². The predicted octanol–water partition coefficient (Wildman–Crippen LogP) is 3.65. The topological polar surface area (TPSA) is 120 Å². The molecule has 0 radical (unpaired) electrons. The van der Waals surface area contributed by atoms with Gasteiger partial charge in [-0.1, -0.05) is 31.5 Å². The number of rotatable bonds is 7. The second kappa shape index (κ2) is 9.86. The molecule has 0 saturated heterocycles. The molecule has 0 aromatic heterocycles. The lowest BCUT2D eigenvalue weighted by molar-refractivity contribution is -0.384. The molecule has 1 unspecified atom stereocenters. The molecule has 2 N–H and O–H groups in total. The summed E-state index contributed by atoms with van der Waals surface area (Å²) in [5.74, 6) is 0.0642. The van der Waals surface area contributed by atoms with Crippen LogP contribution in [0.4, 0.5) is 5.69 Å². The molecule has 0 fully saturated rings. The van der Waals surface area contributed by atoms with Gasteiger partial charge in [-0.2, -0.15) is 0 Å². The van der Waals surface area contributed by atoms with Crippen molar-refractivity contribution in [2.24, 2.45) is 5.92 Å². The number of benzene rings is 2. The van der Waals surface area contributed by atoms with E-state index in [9.17, 15) is 19.7 Å². The van der Waals surface area contributed by atoms with Crippen LogP contribution in [-0.4, -0.2) is 36.0 Å². The number of halogens is 1. The number of nitrogens with zero attached hydrogens (tertiary/aromatic N) is 1. The van der Waals surface area contributed by atoms with Gasteiger partial charge in [-0.25, -0.2) is 0 Å². The molecule has 0 saturated carbocycles. The molecular formula is C22H24ClN3O6. The molecule has 10 heteroatoms. The van der Waals surface area contributed by atoms with Crippen molar-refractivity contribution in [3.05, 3.63) is 62.7 Å². The molecule has 2 aromatic carbocycles. The first-order chi connectivity index (χ1) is 15.2. The van der Waals surface area contributed by atoms with E-state index in [1.165, 1.54) is 12.1 Å². The minimum absolute atomic E-state index is 0.0411. The number of amides is 2. The number of carbonyl (C=O) groups excluding carboxylic acids is 2. The van der Waals surface area contributed by atoms with Crippen molar-refractivity contribution in [2.45, 2.75) is 32.9 Å². The van der Waals surface area contributed by atoms with E-state index in [-0.39, 0.29) is 34.1 Å². The molecular weight excluding hydrogens is 438 g/mol. The van der Waals surface area contributed by atoms with Crippen LogP contribution in [0.3, 0.4) is 0 Å². The van der Waals surface area contributed by atoms with Crippen LogP contribution < -0.4 is 20.1 Å². The van der Waals surface area contributed by atoms with Crippen LogP contribution in [0.15, 0.2) is 36.4 Å². The molecule has 1 heterocycles. The monoisotopic (exact) mass is 461 g/mol. The van der Waals surface area contributed by atoms with Gasteiger partial charge in [-0.3, -0.25) is 19.7 Å². The number of hydrogen-bond donors (Lipinski definition) is 2. The number of fused-ring (bicyclic) bond motifs is 1. The minimum Gasteiger partial charge on any atom is -0.486 e. The molecule has 9 nitrogen and oxygen atoms in total. The van der Waals surface area contributed by atoms with Crippen LogP contribution in [0.1, 0.15) is 42.7 Å². The third-order valence-corrected chi connectivity index (χ3v) is 5.39. The zero-order chi connectivity index (χ0) is 23.4. The van der Waals surface area contributed by atoms with E-state index in [0.29, 0.717) is 24.7 Å². The number of hydrogen-bond acceptors (Lipinski definition) is 6. The van der Waals surface area contributed by atoms with Crippen LogP contribution in [-0.2, 0) is 4.79 Å². The normalized spacial score (nSPS) is 14.4. The Morgan fingerprint density at radius 3 is 2.38 bits per heavy atom. The molecule has 1 aliphatic heterocycles. The van der Waals surface area contributed by atoms with Crippen molar-refractivity contribution in [3.63, 3.8) is 0 Å². The standard InChI is InChI=1S/C22H24ClN3O6/c1-12(2)20(25-21(27)15-4-6-16(23)17(10-15)26(29)30)22(28)24-13(3)14-5-7-18-19(11-14)32-9-8-31-18/h4-7,10-13,20H,8-9H2,1-3H3,(H,24,28)(H,25,27)/t13?,20-/m0/s1. The summed E-state index contributed by atoms with van der Waals surface area (Å²) in [4.78, 5) is 36.0. The summed E-state index contributed by atoms with van der Waals surface area (Å²) in [6.07, 6.45) is 0. The minimum atomic E-state index is -0.850. The van der Waals surface area contributed by atoms with Gasteiger partial charge in [-0.15, -0.1) is 0 Å². The Kier molecular flexibility index (Phi) is 7.19. The Bertz CT molecular complexity index is 1040.